The number of hydrogen-bond donors (Lipinski definition) is 1. The van der Waals surface area contributed by atoms with Crippen molar-refractivity contribution < 1.29 is 14.3 Å². The number of nitrogens with two attached hydrogens (primary N) is 1. The zero-order valence-corrected chi connectivity index (χ0v) is 22.1. The van der Waals surface area contributed by atoms with Crippen molar-refractivity contribution in [2.45, 2.75) is 39.2 Å². The van der Waals surface area contributed by atoms with E-state index in [4.69, 9.17) is 38.4 Å². The quantitative estimate of drug-likeness (QED) is 0.479. The average molecular weight is 526 g/mol. The first-order valence-corrected chi connectivity index (χ1v) is 12.5. The van der Waals surface area contributed by atoms with Crippen LogP contribution in [0.25, 0.3) is 0 Å². The first kappa shape index (κ1) is 26.1. The van der Waals surface area contributed by atoms with E-state index < -0.39 is 5.92 Å². The Morgan fingerprint density at radius 1 is 1.17 bits per heavy atom. The van der Waals surface area contributed by atoms with Crippen molar-refractivity contribution in [3.63, 3.8) is 0 Å². The normalized spacial score (nSPS) is 19.3. The number of methoxy groups -OCH3 is 1. The van der Waals surface area contributed by atoms with Crippen molar-refractivity contribution in [2.75, 3.05) is 20.3 Å². The highest BCUT2D eigenvalue weighted by atomic mass is 35.5. The molecule has 0 fully saturated rings. The van der Waals surface area contributed by atoms with Gasteiger partial charge in [-0.15, -0.1) is 0 Å². The summed E-state index contributed by atoms with van der Waals surface area (Å²) in [6, 6.07) is 15.0. The number of hydrogen-bond acceptors (Lipinski definition) is 6. The van der Waals surface area contributed by atoms with Gasteiger partial charge in [0, 0.05) is 47.0 Å². The molecule has 2 aliphatic rings. The summed E-state index contributed by atoms with van der Waals surface area (Å²) >= 11 is 12.2. The van der Waals surface area contributed by atoms with Gasteiger partial charge < -0.3 is 20.1 Å². The van der Waals surface area contributed by atoms with Crippen molar-refractivity contribution in [1.82, 2.24) is 4.90 Å². The number of ketones is 1. The molecule has 0 bridgehead atoms. The monoisotopic (exact) mass is 525 g/mol. The van der Waals surface area contributed by atoms with Crippen molar-refractivity contribution >= 4 is 29.0 Å². The first-order valence-electron chi connectivity index (χ1n) is 11.7. The number of nitrogens with zero attached hydrogens (tertiary/aromatic N) is 2. The minimum atomic E-state index is -0.521. The minimum Gasteiger partial charge on any atom is -0.489 e. The second kappa shape index (κ2) is 10.6. The predicted octanol–water partition coefficient (Wildman–Crippen LogP) is 5.96. The highest BCUT2D eigenvalue weighted by Crippen LogP contribution is 2.49. The number of ether oxygens (including phenoxy) is 2. The Balaban J connectivity index is 1.67. The van der Waals surface area contributed by atoms with Gasteiger partial charge in [0.15, 0.2) is 5.78 Å². The summed E-state index contributed by atoms with van der Waals surface area (Å²) in [5, 5.41) is 11.2. The number of rotatable bonds is 7. The molecule has 0 spiro atoms. The molecule has 8 heteroatoms. The number of carbonyl (C=O) groups is 1. The number of carbonyl (C=O) groups excluding carboxylic acids is 1. The van der Waals surface area contributed by atoms with E-state index in [0.29, 0.717) is 58.8 Å². The molecule has 2 aromatic rings. The second-order valence-corrected chi connectivity index (χ2v) is 10.7. The molecule has 188 valence electrons. The first-order chi connectivity index (χ1) is 17.1. The van der Waals surface area contributed by atoms with Gasteiger partial charge in [-0.05, 0) is 41.7 Å². The van der Waals surface area contributed by atoms with Crippen LogP contribution in [0.1, 0.15) is 43.7 Å². The molecule has 1 aliphatic carbocycles. The summed E-state index contributed by atoms with van der Waals surface area (Å²) in [5.41, 5.74) is 9.89. The zero-order chi connectivity index (χ0) is 26.0. The lowest BCUT2D eigenvalue weighted by atomic mass is 9.68. The number of allylic oxidation sites excluding steroid dienone is 3. The lowest BCUT2D eigenvalue weighted by Gasteiger charge is -2.43. The van der Waals surface area contributed by atoms with Gasteiger partial charge in [-0.3, -0.25) is 4.79 Å². The average Bonchev–Trinajstić information content (AvgIpc) is 2.82. The van der Waals surface area contributed by atoms with Gasteiger partial charge in [-0.25, -0.2) is 0 Å². The van der Waals surface area contributed by atoms with E-state index in [1.807, 2.05) is 35.2 Å². The maximum atomic E-state index is 13.5. The third kappa shape index (κ3) is 5.24. The van der Waals surface area contributed by atoms with Crippen LogP contribution in [-0.4, -0.2) is 30.9 Å². The molecule has 0 unspecified atom stereocenters. The van der Waals surface area contributed by atoms with Crippen LogP contribution >= 0.6 is 23.2 Å². The van der Waals surface area contributed by atoms with E-state index in [0.717, 1.165) is 16.8 Å². The molecule has 0 amide bonds. The van der Waals surface area contributed by atoms with Gasteiger partial charge in [0.25, 0.3) is 0 Å². The minimum absolute atomic E-state index is 0.0478. The van der Waals surface area contributed by atoms with E-state index in [1.54, 1.807) is 19.2 Å². The molecule has 0 saturated carbocycles. The molecule has 36 heavy (non-hydrogen) atoms. The van der Waals surface area contributed by atoms with E-state index in [1.165, 1.54) is 0 Å². The van der Waals surface area contributed by atoms with Crippen LogP contribution in [-0.2, 0) is 16.1 Å². The third-order valence-electron chi connectivity index (χ3n) is 6.63. The van der Waals surface area contributed by atoms with E-state index >= 15 is 0 Å². The topological polar surface area (TPSA) is 88.6 Å². The van der Waals surface area contributed by atoms with Gasteiger partial charge in [-0.2, -0.15) is 5.26 Å². The van der Waals surface area contributed by atoms with E-state index in [-0.39, 0.29) is 17.8 Å². The van der Waals surface area contributed by atoms with E-state index in [9.17, 15) is 10.1 Å². The Bertz CT molecular complexity index is 1280. The summed E-state index contributed by atoms with van der Waals surface area (Å²) in [6.45, 7) is 5.35. The van der Waals surface area contributed by atoms with Gasteiger partial charge in [0.1, 0.15) is 18.2 Å². The largest absolute Gasteiger partial charge is 0.489 e. The molecule has 6 nitrogen and oxygen atoms in total. The van der Waals surface area contributed by atoms with Gasteiger partial charge >= 0.3 is 0 Å². The molecule has 1 heterocycles. The number of nitriles is 1. The molecule has 1 aliphatic heterocycles. The van der Waals surface area contributed by atoms with Crippen LogP contribution in [0.2, 0.25) is 10.0 Å². The van der Waals surface area contributed by atoms with Gasteiger partial charge in [0.05, 0.1) is 24.2 Å². The van der Waals surface area contributed by atoms with Crippen LogP contribution in [0, 0.1) is 16.7 Å². The van der Waals surface area contributed by atoms with Gasteiger partial charge in [-0.1, -0.05) is 55.2 Å². The van der Waals surface area contributed by atoms with Crippen LogP contribution in [0.3, 0.4) is 0 Å². The summed E-state index contributed by atoms with van der Waals surface area (Å²) < 4.78 is 11.2. The number of halogens is 2. The fourth-order valence-corrected chi connectivity index (χ4v) is 5.37. The number of Topliss-reactive ketones (excluding diaryl/α,β-unsaturated/α-hetero) is 1. The van der Waals surface area contributed by atoms with Crippen molar-refractivity contribution in [1.29, 1.82) is 5.26 Å². The van der Waals surface area contributed by atoms with Crippen LogP contribution in [0.4, 0.5) is 0 Å². The molecule has 4 rings (SSSR count). The second-order valence-electron chi connectivity index (χ2n) is 9.88. The third-order valence-corrected chi connectivity index (χ3v) is 7.22. The Morgan fingerprint density at radius 2 is 1.89 bits per heavy atom. The maximum Gasteiger partial charge on any atom is 0.162 e. The SMILES string of the molecule is COCCN1C(N)=C(C#N)[C@@H](c2ccc(OCc3ccc(Cl)cc3Cl)cc2)C2=C1CC(C)(C)CC2=O. The van der Waals surface area contributed by atoms with E-state index in [2.05, 4.69) is 19.9 Å². The van der Waals surface area contributed by atoms with Crippen LogP contribution < -0.4 is 10.5 Å². The molecule has 2 N–H and O–H groups in total. The Morgan fingerprint density at radius 3 is 2.53 bits per heavy atom. The smallest absolute Gasteiger partial charge is 0.162 e. The molecule has 1 atom stereocenters. The molecule has 0 aromatic heterocycles. The molecular formula is C28H29Cl2N3O3. The highest BCUT2D eigenvalue weighted by molar-refractivity contribution is 6.35. The molecule has 0 saturated heterocycles. The van der Waals surface area contributed by atoms with Gasteiger partial charge in [0.2, 0.25) is 0 Å². The van der Waals surface area contributed by atoms with Crippen molar-refractivity contribution in [3.8, 4) is 11.8 Å². The number of benzene rings is 2. The Labute approximate surface area is 221 Å². The lowest BCUT2D eigenvalue weighted by molar-refractivity contribution is -0.118. The van der Waals surface area contributed by atoms with Crippen molar-refractivity contribution in [2.24, 2.45) is 11.1 Å². The predicted molar refractivity (Wildman–Crippen MR) is 140 cm³/mol. The summed E-state index contributed by atoms with van der Waals surface area (Å²) in [4.78, 5) is 15.4. The fourth-order valence-electron chi connectivity index (χ4n) is 4.90. The summed E-state index contributed by atoms with van der Waals surface area (Å²) in [5.74, 6) is 0.545. The van der Waals surface area contributed by atoms with Crippen molar-refractivity contribution in [3.05, 3.63) is 86.3 Å². The standard InChI is InChI=1S/C28H29Cl2N3O3/c1-28(2)13-23-26(24(34)14-28)25(21(15-31)27(32)33(23)10-11-35-3)17-5-8-20(9-6-17)36-16-18-4-7-19(29)12-22(18)30/h4-9,12,25H,10-11,13-14,16,32H2,1-3H3/t25-/m1/s1. The highest BCUT2D eigenvalue weighted by Gasteiger charge is 2.44. The van der Waals surface area contributed by atoms with Crippen LogP contribution in [0.5, 0.6) is 5.75 Å². The van der Waals surface area contributed by atoms with Crippen LogP contribution in [0.15, 0.2) is 65.1 Å². The summed E-state index contributed by atoms with van der Waals surface area (Å²) in [7, 11) is 1.62. The molecular weight excluding hydrogens is 497 g/mol. The molecule has 2 aromatic carbocycles. The molecule has 0 radical (unpaired) electrons. The fraction of sp³-hybridized carbons (Fsp3) is 0.357. The maximum absolute atomic E-state index is 13.5. The Kier molecular flexibility index (Phi) is 7.65. The Hall–Kier alpha value is -2.98. The lowest BCUT2D eigenvalue weighted by Crippen LogP contribution is -2.43. The zero-order valence-electron chi connectivity index (χ0n) is 20.6. The summed E-state index contributed by atoms with van der Waals surface area (Å²) in [6.07, 6.45) is 1.11.